The Balaban J connectivity index is 1.57. The fourth-order valence-corrected chi connectivity index (χ4v) is 2.34. The molecule has 112 valence electrons. The monoisotopic (exact) mass is 294 g/mol. The number of nitrogens with zero attached hydrogens (tertiary/aromatic N) is 2. The molecule has 1 unspecified atom stereocenters. The van der Waals surface area contributed by atoms with Crippen molar-refractivity contribution in [3.63, 3.8) is 0 Å². The van der Waals surface area contributed by atoms with Gasteiger partial charge >= 0.3 is 0 Å². The molecule has 0 aliphatic carbocycles. The van der Waals surface area contributed by atoms with Gasteiger partial charge in [0.1, 0.15) is 11.9 Å². The summed E-state index contributed by atoms with van der Waals surface area (Å²) in [7, 11) is 0. The first kappa shape index (κ1) is 14.4. The SMILES string of the molecule is O=C(NCCc1nccc(-c2ccccc2)n1)C1C=CCN1. The zero-order valence-electron chi connectivity index (χ0n) is 12.2. The third-order valence-corrected chi connectivity index (χ3v) is 3.49. The summed E-state index contributed by atoms with van der Waals surface area (Å²) in [6.45, 7) is 1.28. The first-order valence-electron chi connectivity index (χ1n) is 7.38. The minimum Gasteiger partial charge on any atom is -0.354 e. The summed E-state index contributed by atoms with van der Waals surface area (Å²) in [6.07, 6.45) is 6.20. The molecule has 1 aromatic carbocycles. The molecule has 1 amide bonds. The minimum atomic E-state index is -0.212. The van der Waals surface area contributed by atoms with Crippen molar-refractivity contribution in [3.8, 4) is 11.3 Å². The predicted octanol–water partition coefficient (Wildman–Crippen LogP) is 1.33. The van der Waals surface area contributed by atoms with Gasteiger partial charge < -0.3 is 5.32 Å². The van der Waals surface area contributed by atoms with E-state index < -0.39 is 0 Å². The highest BCUT2D eigenvalue weighted by Gasteiger charge is 2.16. The average Bonchev–Trinajstić information content (AvgIpc) is 3.10. The standard InChI is InChI=1S/C17H18N4O/c22-17(15-7-4-10-18-15)20-12-9-16-19-11-8-14(21-16)13-5-2-1-3-6-13/h1-8,11,15,18H,9-10,12H2,(H,20,22). The highest BCUT2D eigenvalue weighted by Crippen LogP contribution is 2.15. The van der Waals surface area contributed by atoms with Gasteiger partial charge in [0.25, 0.3) is 0 Å². The summed E-state index contributed by atoms with van der Waals surface area (Å²) in [5, 5.41) is 5.98. The second-order valence-corrected chi connectivity index (χ2v) is 5.08. The minimum absolute atomic E-state index is 0.00651. The largest absolute Gasteiger partial charge is 0.354 e. The molecule has 22 heavy (non-hydrogen) atoms. The third-order valence-electron chi connectivity index (χ3n) is 3.49. The Morgan fingerprint density at radius 3 is 2.91 bits per heavy atom. The van der Waals surface area contributed by atoms with E-state index in [1.807, 2.05) is 48.6 Å². The lowest BCUT2D eigenvalue weighted by Crippen LogP contribution is -2.41. The lowest BCUT2D eigenvalue weighted by Gasteiger charge is -2.10. The van der Waals surface area contributed by atoms with E-state index in [1.165, 1.54) is 0 Å². The van der Waals surface area contributed by atoms with Crippen molar-refractivity contribution >= 4 is 5.91 Å². The van der Waals surface area contributed by atoms with Gasteiger partial charge in [-0.2, -0.15) is 0 Å². The van der Waals surface area contributed by atoms with E-state index in [4.69, 9.17) is 0 Å². The second kappa shape index (κ2) is 6.95. The van der Waals surface area contributed by atoms with Crippen molar-refractivity contribution in [2.45, 2.75) is 12.5 Å². The molecule has 0 radical (unpaired) electrons. The maximum atomic E-state index is 11.9. The number of amides is 1. The van der Waals surface area contributed by atoms with Crippen LogP contribution in [-0.4, -0.2) is 35.0 Å². The number of aromatic nitrogens is 2. The molecular formula is C17H18N4O. The highest BCUT2D eigenvalue weighted by atomic mass is 16.2. The summed E-state index contributed by atoms with van der Waals surface area (Å²) in [4.78, 5) is 20.7. The molecule has 0 bridgehead atoms. The fourth-order valence-electron chi connectivity index (χ4n) is 2.34. The number of nitrogens with one attached hydrogen (secondary N) is 2. The van der Waals surface area contributed by atoms with Gasteiger partial charge in [-0.3, -0.25) is 10.1 Å². The van der Waals surface area contributed by atoms with E-state index >= 15 is 0 Å². The maximum absolute atomic E-state index is 11.9. The van der Waals surface area contributed by atoms with Crippen molar-refractivity contribution in [3.05, 3.63) is 60.6 Å². The van der Waals surface area contributed by atoms with Gasteiger partial charge in [0.05, 0.1) is 5.69 Å². The summed E-state index contributed by atoms with van der Waals surface area (Å²) in [5.41, 5.74) is 1.97. The zero-order chi connectivity index (χ0) is 15.2. The molecule has 0 fully saturated rings. The van der Waals surface area contributed by atoms with Crippen LogP contribution >= 0.6 is 0 Å². The first-order valence-corrected chi connectivity index (χ1v) is 7.38. The van der Waals surface area contributed by atoms with Gasteiger partial charge in [-0.05, 0) is 6.07 Å². The first-order chi connectivity index (χ1) is 10.8. The molecule has 1 aromatic heterocycles. The number of hydrogen-bond donors (Lipinski definition) is 2. The smallest absolute Gasteiger partial charge is 0.241 e. The van der Waals surface area contributed by atoms with Gasteiger partial charge in [-0.25, -0.2) is 9.97 Å². The van der Waals surface area contributed by atoms with Gasteiger partial charge in [0.15, 0.2) is 0 Å². The Morgan fingerprint density at radius 1 is 1.27 bits per heavy atom. The van der Waals surface area contributed by atoms with E-state index in [0.29, 0.717) is 13.0 Å². The Morgan fingerprint density at radius 2 is 2.14 bits per heavy atom. The summed E-state index contributed by atoms with van der Waals surface area (Å²) in [6, 6.07) is 11.7. The number of rotatable bonds is 5. The highest BCUT2D eigenvalue weighted by molar-refractivity contribution is 5.84. The van der Waals surface area contributed by atoms with E-state index in [2.05, 4.69) is 20.6 Å². The molecular weight excluding hydrogens is 276 g/mol. The van der Waals surface area contributed by atoms with Crippen LogP contribution in [0.3, 0.4) is 0 Å². The number of carbonyl (C=O) groups excluding carboxylic acids is 1. The Kier molecular flexibility index (Phi) is 4.56. The molecule has 1 aliphatic heterocycles. The molecule has 3 rings (SSSR count). The number of benzene rings is 1. The van der Waals surface area contributed by atoms with Crippen LogP contribution in [0.25, 0.3) is 11.3 Å². The van der Waals surface area contributed by atoms with Crippen LogP contribution in [0.4, 0.5) is 0 Å². The fraction of sp³-hybridized carbons (Fsp3) is 0.235. The van der Waals surface area contributed by atoms with Crippen LogP contribution < -0.4 is 10.6 Å². The van der Waals surface area contributed by atoms with Gasteiger partial charge in [0, 0.05) is 31.3 Å². The third kappa shape index (κ3) is 3.56. The predicted molar refractivity (Wildman–Crippen MR) is 85.1 cm³/mol. The van der Waals surface area contributed by atoms with E-state index in [-0.39, 0.29) is 11.9 Å². The van der Waals surface area contributed by atoms with Crippen LogP contribution in [0.1, 0.15) is 5.82 Å². The van der Waals surface area contributed by atoms with Crippen LogP contribution in [0.5, 0.6) is 0 Å². The van der Waals surface area contributed by atoms with E-state index in [9.17, 15) is 4.79 Å². The second-order valence-electron chi connectivity index (χ2n) is 5.08. The Labute approximate surface area is 129 Å². The van der Waals surface area contributed by atoms with Crippen molar-refractivity contribution in [1.29, 1.82) is 0 Å². The van der Waals surface area contributed by atoms with Crippen molar-refractivity contribution < 1.29 is 4.79 Å². The Bertz CT molecular complexity index is 669. The van der Waals surface area contributed by atoms with Crippen molar-refractivity contribution in [2.24, 2.45) is 0 Å². The molecule has 5 heteroatoms. The van der Waals surface area contributed by atoms with E-state index in [1.54, 1.807) is 6.20 Å². The zero-order valence-corrected chi connectivity index (χ0v) is 12.2. The molecule has 2 aromatic rings. The summed E-state index contributed by atoms with van der Waals surface area (Å²) < 4.78 is 0. The molecule has 0 saturated carbocycles. The normalized spacial score (nSPS) is 16.6. The summed E-state index contributed by atoms with van der Waals surface area (Å²) in [5.74, 6) is 0.726. The molecule has 1 aliphatic rings. The van der Waals surface area contributed by atoms with Crippen LogP contribution in [-0.2, 0) is 11.2 Å². The van der Waals surface area contributed by atoms with Crippen molar-refractivity contribution in [2.75, 3.05) is 13.1 Å². The lowest BCUT2D eigenvalue weighted by molar-refractivity contribution is -0.121. The molecule has 2 N–H and O–H groups in total. The quantitative estimate of drug-likeness (QED) is 0.817. The average molecular weight is 294 g/mol. The number of hydrogen-bond acceptors (Lipinski definition) is 4. The topological polar surface area (TPSA) is 66.9 Å². The summed E-state index contributed by atoms with van der Waals surface area (Å²) >= 11 is 0. The maximum Gasteiger partial charge on any atom is 0.241 e. The van der Waals surface area contributed by atoms with Gasteiger partial charge in [-0.1, -0.05) is 42.5 Å². The Hall–Kier alpha value is -2.53. The lowest BCUT2D eigenvalue weighted by atomic mass is 10.1. The van der Waals surface area contributed by atoms with Gasteiger partial charge in [-0.15, -0.1) is 0 Å². The van der Waals surface area contributed by atoms with Crippen LogP contribution in [0.15, 0.2) is 54.7 Å². The molecule has 5 nitrogen and oxygen atoms in total. The van der Waals surface area contributed by atoms with Crippen LogP contribution in [0.2, 0.25) is 0 Å². The van der Waals surface area contributed by atoms with Crippen LogP contribution in [0, 0.1) is 0 Å². The molecule has 2 heterocycles. The molecule has 0 spiro atoms. The van der Waals surface area contributed by atoms with Gasteiger partial charge in [0.2, 0.25) is 5.91 Å². The number of carbonyl (C=O) groups is 1. The van der Waals surface area contributed by atoms with E-state index in [0.717, 1.165) is 23.6 Å². The molecule has 0 saturated heterocycles. The molecule has 1 atom stereocenters. The van der Waals surface area contributed by atoms with Crippen molar-refractivity contribution in [1.82, 2.24) is 20.6 Å².